The van der Waals surface area contributed by atoms with Crippen molar-refractivity contribution in [1.82, 2.24) is 4.31 Å². The summed E-state index contributed by atoms with van der Waals surface area (Å²) in [6.45, 7) is 6.28. The van der Waals surface area contributed by atoms with Crippen LogP contribution in [0.2, 0.25) is 0 Å². The summed E-state index contributed by atoms with van der Waals surface area (Å²) < 4.78 is 26.3. The summed E-state index contributed by atoms with van der Waals surface area (Å²) in [6.07, 6.45) is 0. The van der Waals surface area contributed by atoms with E-state index < -0.39 is 10.0 Å². The number of benzene rings is 2. The maximum atomic E-state index is 12.5. The maximum absolute atomic E-state index is 12.5. The van der Waals surface area contributed by atoms with E-state index in [1.807, 2.05) is 13.0 Å². The van der Waals surface area contributed by atoms with Crippen molar-refractivity contribution >= 4 is 27.3 Å². The van der Waals surface area contributed by atoms with Gasteiger partial charge in [0.2, 0.25) is 10.0 Å². The predicted octanol–water partition coefficient (Wildman–Crippen LogP) is 2.86. The summed E-state index contributed by atoms with van der Waals surface area (Å²) in [4.78, 5) is 12.5. The third-order valence-electron chi connectivity index (χ3n) is 3.91. The molecule has 0 aliphatic heterocycles. The number of nitrogen functional groups attached to an aromatic ring is 1. The topological polar surface area (TPSA) is 92.5 Å². The van der Waals surface area contributed by atoms with Gasteiger partial charge in [-0.05, 0) is 48.9 Å². The number of sulfonamides is 1. The Morgan fingerprint density at radius 3 is 2.20 bits per heavy atom. The van der Waals surface area contributed by atoms with Crippen molar-refractivity contribution in [2.75, 3.05) is 24.1 Å². The Morgan fingerprint density at radius 1 is 1.08 bits per heavy atom. The van der Waals surface area contributed by atoms with Crippen LogP contribution >= 0.6 is 0 Å². The van der Waals surface area contributed by atoms with Crippen LogP contribution < -0.4 is 11.1 Å². The van der Waals surface area contributed by atoms with E-state index in [9.17, 15) is 13.2 Å². The molecule has 0 atom stereocenters. The lowest BCUT2D eigenvalue weighted by atomic mass is 10.1. The van der Waals surface area contributed by atoms with E-state index in [0.29, 0.717) is 30.0 Å². The van der Waals surface area contributed by atoms with Gasteiger partial charge in [0.1, 0.15) is 0 Å². The average molecular weight is 361 g/mol. The van der Waals surface area contributed by atoms with Crippen molar-refractivity contribution in [3.05, 3.63) is 53.6 Å². The first-order valence-electron chi connectivity index (χ1n) is 8.07. The zero-order chi connectivity index (χ0) is 18.6. The summed E-state index contributed by atoms with van der Waals surface area (Å²) in [6, 6.07) is 11.2. The Morgan fingerprint density at radius 2 is 1.68 bits per heavy atom. The number of rotatable bonds is 6. The van der Waals surface area contributed by atoms with E-state index in [4.69, 9.17) is 5.73 Å². The van der Waals surface area contributed by atoms with Gasteiger partial charge in [0.15, 0.2) is 0 Å². The van der Waals surface area contributed by atoms with Gasteiger partial charge < -0.3 is 11.1 Å². The van der Waals surface area contributed by atoms with Crippen molar-refractivity contribution in [2.24, 2.45) is 0 Å². The molecule has 0 radical (unpaired) electrons. The van der Waals surface area contributed by atoms with E-state index in [0.717, 1.165) is 5.56 Å². The van der Waals surface area contributed by atoms with Crippen molar-refractivity contribution < 1.29 is 13.2 Å². The SMILES string of the molecule is CCN(CC)S(=O)(=O)c1ccc(C(=O)Nc2ccc(C)cc2N)cc1. The van der Waals surface area contributed by atoms with Crippen molar-refractivity contribution in [3.8, 4) is 0 Å². The first kappa shape index (κ1) is 19.0. The zero-order valence-corrected chi connectivity index (χ0v) is 15.4. The normalized spacial score (nSPS) is 11.5. The number of amides is 1. The smallest absolute Gasteiger partial charge is 0.255 e. The lowest BCUT2D eigenvalue weighted by Crippen LogP contribution is -2.30. The monoisotopic (exact) mass is 361 g/mol. The lowest BCUT2D eigenvalue weighted by molar-refractivity contribution is 0.102. The van der Waals surface area contributed by atoms with Gasteiger partial charge in [-0.25, -0.2) is 8.42 Å². The lowest BCUT2D eigenvalue weighted by Gasteiger charge is -2.18. The molecule has 7 heteroatoms. The van der Waals surface area contributed by atoms with Crippen LogP contribution in [-0.2, 0) is 10.0 Å². The number of nitrogens with zero attached hydrogens (tertiary/aromatic N) is 1. The quantitative estimate of drug-likeness (QED) is 0.774. The fourth-order valence-corrected chi connectivity index (χ4v) is 3.94. The fourth-order valence-electron chi connectivity index (χ4n) is 2.48. The molecule has 0 aliphatic rings. The summed E-state index contributed by atoms with van der Waals surface area (Å²) >= 11 is 0. The van der Waals surface area contributed by atoms with Crippen LogP contribution in [0.3, 0.4) is 0 Å². The average Bonchev–Trinajstić information content (AvgIpc) is 2.58. The van der Waals surface area contributed by atoms with Crippen molar-refractivity contribution in [2.45, 2.75) is 25.7 Å². The molecule has 0 fully saturated rings. The molecule has 2 rings (SSSR count). The zero-order valence-electron chi connectivity index (χ0n) is 14.6. The largest absolute Gasteiger partial charge is 0.397 e. The second-order valence-electron chi connectivity index (χ2n) is 5.66. The first-order valence-corrected chi connectivity index (χ1v) is 9.51. The molecular weight excluding hydrogens is 338 g/mol. The third kappa shape index (κ3) is 4.18. The number of carbonyl (C=O) groups is 1. The third-order valence-corrected chi connectivity index (χ3v) is 5.98. The number of carbonyl (C=O) groups excluding carboxylic acids is 1. The highest BCUT2D eigenvalue weighted by Gasteiger charge is 2.21. The van der Waals surface area contributed by atoms with Crippen LogP contribution in [0.15, 0.2) is 47.4 Å². The summed E-state index contributed by atoms with van der Waals surface area (Å²) in [5, 5.41) is 2.73. The van der Waals surface area contributed by atoms with E-state index in [-0.39, 0.29) is 10.8 Å². The van der Waals surface area contributed by atoms with Crippen LogP contribution in [0.25, 0.3) is 0 Å². The molecule has 0 heterocycles. The molecule has 6 nitrogen and oxygen atoms in total. The van der Waals surface area contributed by atoms with Crippen LogP contribution in [0, 0.1) is 6.92 Å². The van der Waals surface area contributed by atoms with E-state index >= 15 is 0 Å². The molecule has 0 aromatic heterocycles. The minimum Gasteiger partial charge on any atom is -0.397 e. The number of anilines is 2. The highest BCUT2D eigenvalue weighted by molar-refractivity contribution is 7.89. The van der Waals surface area contributed by atoms with Gasteiger partial charge in [-0.3, -0.25) is 4.79 Å². The van der Waals surface area contributed by atoms with Gasteiger partial charge >= 0.3 is 0 Å². The Bertz CT molecular complexity index is 858. The highest BCUT2D eigenvalue weighted by atomic mass is 32.2. The van der Waals surface area contributed by atoms with Gasteiger partial charge in [0, 0.05) is 18.7 Å². The predicted molar refractivity (Wildman–Crippen MR) is 100 cm³/mol. The number of nitrogens with one attached hydrogen (secondary N) is 1. The van der Waals surface area contributed by atoms with Gasteiger partial charge in [-0.15, -0.1) is 0 Å². The van der Waals surface area contributed by atoms with Gasteiger partial charge in [-0.2, -0.15) is 4.31 Å². The second kappa shape index (κ2) is 7.67. The molecule has 0 saturated carbocycles. The fraction of sp³-hybridized carbons (Fsp3) is 0.278. The number of nitrogens with two attached hydrogens (primary N) is 1. The number of hydrogen-bond acceptors (Lipinski definition) is 4. The molecule has 2 aromatic rings. The first-order chi connectivity index (χ1) is 11.8. The summed E-state index contributed by atoms with van der Waals surface area (Å²) in [7, 11) is -3.53. The Labute approximate surface area is 148 Å². The van der Waals surface area contributed by atoms with Crippen LogP contribution in [0.5, 0.6) is 0 Å². The number of hydrogen-bond donors (Lipinski definition) is 2. The van der Waals surface area contributed by atoms with Crippen molar-refractivity contribution in [3.63, 3.8) is 0 Å². The molecule has 0 aliphatic carbocycles. The van der Waals surface area contributed by atoms with Gasteiger partial charge in [0.25, 0.3) is 5.91 Å². The molecule has 0 saturated heterocycles. The molecule has 0 unspecified atom stereocenters. The number of aryl methyl sites for hydroxylation is 1. The molecule has 3 N–H and O–H groups in total. The maximum Gasteiger partial charge on any atom is 0.255 e. The Kier molecular flexibility index (Phi) is 5.81. The van der Waals surface area contributed by atoms with E-state index in [2.05, 4.69) is 5.32 Å². The van der Waals surface area contributed by atoms with Crippen LogP contribution in [-0.4, -0.2) is 31.7 Å². The van der Waals surface area contributed by atoms with E-state index in [1.165, 1.54) is 28.6 Å². The molecule has 134 valence electrons. The van der Waals surface area contributed by atoms with Crippen LogP contribution in [0.1, 0.15) is 29.8 Å². The molecule has 0 bridgehead atoms. The Hall–Kier alpha value is -2.38. The minimum atomic E-state index is -3.53. The van der Waals surface area contributed by atoms with E-state index in [1.54, 1.807) is 26.0 Å². The van der Waals surface area contributed by atoms with Gasteiger partial charge in [0.05, 0.1) is 16.3 Å². The molecule has 2 aromatic carbocycles. The van der Waals surface area contributed by atoms with Crippen molar-refractivity contribution in [1.29, 1.82) is 0 Å². The molecule has 1 amide bonds. The summed E-state index contributed by atoms with van der Waals surface area (Å²) in [5.74, 6) is -0.345. The minimum absolute atomic E-state index is 0.169. The molecular formula is C18H23N3O3S. The second-order valence-corrected chi connectivity index (χ2v) is 7.60. The highest BCUT2D eigenvalue weighted by Crippen LogP contribution is 2.21. The Balaban J connectivity index is 2.20. The van der Waals surface area contributed by atoms with Crippen LogP contribution in [0.4, 0.5) is 11.4 Å². The standard InChI is InChI=1S/C18H23N3O3S/c1-4-21(5-2)25(23,24)15-9-7-14(8-10-15)18(22)20-17-11-6-13(3)12-16(17)19/h6-12H,4-5,19H2,1-3H3,(H,20,22). The van der Waals surface area contributed by atoms with Gasteiger partial charge in [-0.1, -0.05) is 19.9 Å². The summed E-state index contributed by atoms with van der Waals surface area (Å²) in [5.41, 5.74) is 8.26. The molecule has 25 heavy (non-hydrogen) atoms. The molecule has 0 spiro atoms.